The van der Waals surface area contributed by atoms with Crippen molar-refractivity contribution >= 4 is 17.4 Å². The third-order valence-corrected chi connectivity index (χ3v) is 3.77. The second-order valence-electron chi connectivity index (χ2n) is 5.57. The first kappa shape index (κ1) is 20.3. The molecule has 8 nitrogen and oxygen atoms in total. The molecule has 2 rings (SSSR count). The van der Waals surface area contributed by atoms with Gasteiger partial charge in [-0.05, 0) is 18.6 Å². The minimum Gasteiger partial charge on any atom is -0.493 e. The highest BCUT2D eigenvalue weighted by Gasteiger charge is 2.14. The van der Waals surface area contributed by atoms with Gasteiger partial charge >= 0.3 is 0 Å². The fourth-order valence-electron chi connectivity index (χ4n) is 2.46. The highest BCUT2D eigenvalue weighted by molar-refractivity contribution is 5.94. The van der Waals surface area contributed by atoms with Crippen molar-refractivity contribution < 1.29 is 23.7 Å². The maximum Gasteiger partial charge on any atom is 0.251 e. The van der Waals surface area contributed by atoms with Crippen LogP contribution in [-0.2, 0) is 4.74 Å². The average Bonchev–Trinajstić information content (AvgIpc) is 2.70. The monoisotopic (exact) mass is 375 g/mol. The highest BCUT2D eigenvalue weighted by atomic mass is 16.5. The van der Waals surface area contributed by atoms with Gasteiger partial charge in [-0.2, -0.15) is 0 Å². The number of amides is 1. The van der Waals surface area contributed by atoms with Crippen LogP contribution in [0.2, 0.25) is 0 Å². The zero-order chi connectivity index (χ0) is 19.6. The maximum atomic E-state index is 12.2. The van der Waals surface area contributed by atoms with E-state index in [4.69, 9.17) is 18.9 Å². The van der Waals surface area contributed by atoms with Crippen LogP contribution >= 0.6 is 0 Å². The van der Waals surface area contributed by atoms with Crippen LogP contribution in [-0.4, -0.2) is 52.5 Å². The van der Waals surface area contributed by atoms with Crippen molar-refractivity contribution in [3.63, 3.8) is 0 Å². The molecule has 1 amide bonds. The number of rotatable bonds is 10. The van der Waals surface area contributed by atoms with Gasteiger partial charge in [0.25, 0.3) is 5.91 Å². The van der Waals surface area contributed by atoms with Gasteiger partial charge in [0.15, 0.2) is 11.5 Å². The molecule has 0 aliphatic carbocycles. The number of anilines is 2. The van der Waals surface area contributed by atoms with Gasteiger partial charge in [0, 0.05) is 49.8 Å². The molecule has 8 heteroatoms. The van der Waals surface area contributed by atoms with Crippen molar-refractivity contribution in [3.8, 4) is 17.2 Å². The van der Waals surface area contributed by atoms with Crippen LogP contribution in [0.1, 0.15) is 16.8 Å². The summed E-state index contributed by atoms with van der Waals surface area (Å²) in [7, 11) is 6.28. The molecule has 0 fully saturated rings. The Morgan fingerprint density at radius 2 is 1.74 bits per heavy atom. The largest absolute Gasteiger partial charge is 0.493 e. The van der Waals surface area contributed by atoms with Crippen LogP contribution in [0.5, 0.6) is 17.2 Å². The van der Waals surface area contributed by atoms with Crippen molar-refractivity contribution in [2.75, 3.05) is 46.9 Å². The lowest BCUT2D eigenvalue weighted by Crippen LogP contribution is -2.25. The molecule has 146 valence electrons. The summed E-state index contributed by atoms with van der Waals surface area (Å²) in [5.74, 6) is 1.90. The molecular formula is C19H25N3O5. The summed E-state index contributed by atoms with van der Waals surface area (Å²) < 4.78 is 21.0. The summed E-state index contributed by atoms with van der Waals surface area (Å²) in [4.78, 5) is 16.5. The fraction of sp³-hybridized carbons (Fsp3) is 0.368. The first-order valence-corrected chi connectivity index (χ1v) is 8.43. The molecule has 0 bridgehead atoms. The molecule has 2 N–H and O–H groups in total. The number of carbonyl (C=O) groups excluding carboxylic acids is 1. The number of ether oxygens (including phenoxy) is 4. The molecule has 0 spiro atoms. The third kappa shape index (κ3) is 5.49. The number of hydrogen-bond acceptors (Lipinski definition) is 7. The smallest absolute Gasteiger partial charge is 0.251 e. The molecule has 0 saturated heterocycles. The SMILES string of the molecule is COCCCNC(=O)c1ccnc(Nc2cc(OC)c(OC)c(OC)c2)c1. The van der Waals surface area contributed by atoms with Crippen LogP contribution in [0.15, 0.2) is 30.5 Å². The Kier molecular flexibility index (Phi) is 7.69. The van der Waals surface area contributed by atoms with E-state index in [9.17, 15) is 4.79 Å². The van der Waals surface area contributed by atoms with Crippen LogP contribution in [0.25, 0.3) is 0 Å². The van der Waals surface area contributed by atoms with Gasteiger partial charge in [0.1, 0.15) is 5.82 Å². The molecule has 0 unspecified atom stereocenters. The summed E-state index contributed by atoms with van der Waals surface area (Å²) in [5.41, 5.74) is 1.20. The lowest BCUT2D eigenvalue weighted by molar-refractivity contribution is 0.0948. The number of pyridine rings is 1. The minimum absolute atomic E-state index is 0.165. The average molecular weight is 375 g/mol. The van der Waals surface area contributed by atoms with Crippen molar-refractivity contribution in [1.82, 2.24) is 10.3 Å². The fourth-order valence-corrected chi connectivity index (χ4v) is 2.46. The molecule has 1 aromatic carbocycles. The van der Waals surface area contributed by atoms with Gasteiger partial charge in [-0.15, -0.1) is 0 Å². The number of nitrogens with one attached hydrogen (secondary N) is 2. The second kappa shape index (κ2) is 10.2. The van der Waals surface area contributed by atoms with Crippen LogP contribution in [0, 0.1) is 0 Å². The van der Waals surface area contributed by atoms with Gasteiger partial charge in [0.2, 0.25) is 5.75 Å². The van der Waals surface area contributed by atoms with Crippen LogP contribution in [0.4, 0.5) is 11.5 Å². The van der Waals surface area contributed by atoms with Crippen LogP contribution in [0.3, 0.4) is 0 Å². The first-order valence-electron chi connectivity index (χ1n) is 8.43. The predicted octanol–water partition coefficient (Wildman–Crippen LogP) is 2.62. The van der Waals surface area contributed by atoms with Crippen molar-refractivity contribution in [2.45, 2.75) is 6.42 Å². The molecule has 0 aliphatic rings. The van der Waals surface area contributed by atoms with Crippen molar-refractivity contribution in [1.29, 1.82) is 0 Å². The zero-order valence-corrected chi connectivity index (χ0v) is 16.0. The Labute approximate surface area is 158 Å². The Morgan fingerprint density at radius 1 is 1.04 bits per heavy atom. The Morgan fingerprint density at radius 3 is 2.33 bits per heavy atom. The first-order chi connectivity index (χ1) is 13.1. The molecule has 0 saturated carbocycles. The topological polar surface area (TPSA) is 90.9 Å². The Hall–Kier alpha value is -3.00. The molecule has 0 radical (unpaired) electrons. The second-order valence-corrected chi connectivity index (χ2v) is 5.57. The molecule has 27 heavy (non-hydrogen) atoms. The van der Waals surface area contributed by atoms with E-state index in [2.05, 4.69) is 15.6 Å². The lowest BCUT2D eigenvalue weighted by Gasteiger charge is -2.15. The van der Waals surface area contributed by atoms with Gasteiger partial charge in [-0.3, -0.25) is 4.79 Å². The minimum atomic E-state index is -0.165. The van der Waals surface area contributed by atoms with Gasteiger partial charge in [-0.25, -0.2) is 4.98 Å². The number of benzene rings is 1. The standard InChI is InChI=1S/C19H25N3O5/c1-24-9-5-7-21-19(23)13-6-8-20-17(10-13)22-14-11-15(25-2)18(27-4)16(12-14)26-3/h6,8,10-12H,5,7,9H2,1-4H3,(H,20,22)(H,21,23). The number of aromatic nitrogens is 1. The maximum absolute atomic E-state index is 12.2. The van der Waals surface area contributed by atoms with E-state index in [1.54, 1.807) is 58.9 Å². The van der Waals surface area contributed by atoms with E-state index in [1.807, 2.05) is 0 Å². The van der Waals surface area contributed by atoms with Crippen molar-refractivity contribution in [2.24, 2.45) is 0 Å². The Bertz CT molecular complexity index is 742. The summed E-state index contributed by atoms with van der Waals surface area (Å²) >= 11 is 0. The van der Waals surface area contributed by atoms with E-state index >= 15 is 0 Å². The summed E-state index contributed by atoms with van der Waals surface area (Å²) in [6.45, 7) is 1.15. The predicted molar refractivity (Wildman–Crippen MR) is 102 cm³/mol. The zero-order valence-electron chi connectivity index (χ0n) is 16.0. The number of carbonyl (C=O) groups is 1. The quantitative estimate of drug-likeness (QED) is 0.617. The lowest BCUT2D eigenvalue weighted by atomic mass is 10.2. The van der Waals surface area contributed by atoms with E-state index < -0.39 is 0 Å². The summed E-state index contributed by atoms with van der Waals surface area (Å²) in [5, 5.41) is 6.00. The highest BCUT2D eigenvalue weighted by Crippen LogP contribution is 2.40. The van der Waals surface area contributed by atoms with E-state index in [1.165, 1.54) is 0 Å². The van der Waals surface area contributed by atoms with Gasteiger partial charge in [0.05, 0.1) is 21.3 Å². The molecule has 1 aromatic heterocycles. The van der Waals surface area contributed by atoms with E-state index in [0.29, 0.717) is 47.5 Å². The summed E-state index contributed by atoms with van der Waals surface area (Å²) in [6, 6.07) is 6.86. The number of methoxy groups -OCH3 is 4. The third-order valence-electron chi connectivity index (χ3n) is 3.77. The van der Waals surface area contributed by atoms with Crippen LogP contribution < -0.4 is 24.8 Å². The number of nitrogens with zero attached hydrogens (tertiary/aromatic N) is 1. The summed E-state index contributed by atoms with van der Waals surface area (Å²) in [6.07, 6.45) is 2.33. The number of hydrogen-bond donors (Lipinski definition) is 2. The van der Waals surface area contributed by atoms with Gasteiger partial charge < -0.3 is 29.6 Å². The molecule has 0 atom stereocenters. The van der Waals surface area contributed by atoms with E-state index in [0.717, 1.165) is 6.42 Å². The molecular weight excluding hydrogens is 350 g/mol. The molecule has 2 aromatic rings. The normalized spacial score (nSPS) is 10.2. The molecule has 1 heterocycles. The Balaban J connectivity index is 2.15. The van der Waals surface area contributed by atoms with Gasteiger partial charge in [-0.1, -0.05) is 0 Å². The van der Waals surface area contributed by atoms with E-state index in [-0.39, 0.29) is 5.91 Å². The van der Waals surface area contributed by atoms with Crippen molar-refractivity contribution in [3.05, 3.63) is 36.0 Å². The molecule has 0 aliphatic heterocycles.